The van der Waals surface area contributed by atoms with Crippen molar-refractivity contribution in [3.63, 3.8) is 0 Å². The fourth-order valence-corrected chi connectivity index (χ4v) is 1.47. The number of amides is 1. The number of hydrogen-bond acceptors (Lipinski definition) is 3. The van der Waals surface area contributed by atoms with Crippen LogP contribution in [0.3, 0.4) is 0 Å². The lowest BCUT2D eigenvalue weighted by atomic mass is 10.2. The van der Waals surface area contributed by atoms with Crippen LogP contribution in [0.25, 0.3) is 0 Å². The van der Waals surface area contributed by atoms with Crippen LogP contribution in [0.2, 0.25) is 0 Å². The molecule has 0 fully saturated rings. The number of carbonyl (C=O) groups is 1. The topological polar surface area (TPSA) is 72.4 Å². The Morgan fingerprint density at radius 2 is 1.53 bits per heavy atom. The molecule has 0 aliphatic heterocycles. The van der Waals surface area contributed by atoms with Gasteiger partial charge in [0.25, 0.3) is 5.91 Å². The van der Waals surface area contributed by atoms with Gasteiger partial charge in [-0.3, -0.25) is 4.79 Å². The van der Waals surface area contributed by atoms with E-state index in [1.807, 2.05) is 18.2 Å². The number of para-hydroxylation sites is 1. The number of nitrogens with zero attached hydrogens (tertiary/aromatic N) is 1. The van der Waals surface area contributed by atoms with Crippen molar-refractivity contribution in [2.24, 2.45) is 5.84 Å². The smallest absolute Gasteiger partial charge is 0.272 e. The molecule has 0 saturated heterocycles. The van der Waals surface area contributed by atoms with Gasteiger partial charge in [0.05, 0.1) is 5.69 Å². The first kappa shape index (κ1) is 11.2. The van der Waals surface area contributed by atoms with Gasteiger partial charge in [-0.25, -0.2) is 10.9 Å². The molecule has 0 atom stereocenters. The molecule has 4 nitrogen and oxygen atoms in total. The van der Waals surface area contributed by atoms with Crippen molar-refractivity contribution in [2.75, 3.05) is 10.7 Å². The second-order valence-corrected chi connectivity index (χ2v) is 3.63. The van der Waals surface area contributed by atoms with Crippen LogP contribution in [-0.2, 0) is 0 Å². The van der Waals surface area contributed by atoms with Gasteiger partial charge in [-0.05, 0) is 36.4 Å². The maximum atomic E-state index is 12.0. The van der Waals surface area contributed by atoms with E-state index in [1.54, 1.807) is 36.4 Å². The summed E-state index contributed by atoms with van der Waals surface area (Å²) in [6.07, 6.45) is 0. The first-order chi connectivity index (χ1) is 8.18. The monoisotopic (exact) mass is 227 g/mol. The lowest BCUT2D eigenvalue weighted by Gasteiger charge is -2.16. The summed E-state index contributed by atoms with van der Waals surface area (Å²) < 4.78 is 0. The molecule has 86 valence electrons. The Kier molecular flexibility index (Phi) is 3.07. The number of benzene rings is 2. The molecule has 2 rings (SSSR count). The highest BCUT2D eigenvalue weighted by Gasteiger charge is 2.13. The van der Waals surface area contributed by atoms with Crippen molar-refractivity contribution in [1.82, 2.24) is 0 Å². The molecule has 0 aromatic heterocycles. The lowest BCUT2D eigenvalue weighted by Crippen LogP contribution is -2.37. The molecule has 2 aromatic rings. The van der Waals surface area contributed by atoms with Gasteiger partial charge in [-0.1, -0.05) is 18.2 Å². The molecule has 0 saturated carbocycles. The standard InChI is InChI=1S/C13H13N3O/c14-11-8-6-10(7-9-11)13(17)16(15)12-4-2-1-3-5-12/h1-9H,14-15H2. The molecule has 0 heterocycles. The minimum atomic E-state index is -0.267. The normalized spacial score (nSPS) is 9.94. The van der Waals surface area contributed by atoms with Crippen LogP contribution in [-0.4, -0.2) is 5.91 Å². The number of anilines is 2. The van der Waals surface area contributed by atoms with Gasteiger partial charge in [0.1, 0.15) is 0 Å². The van der Waals surface area contributed by atoms with Gasteiger partial charge in [0.15, 0.2) is 0 Å². The summed E-state index contributed by atoms with van der Waals surface area (Å²) in [5.41, 5.74) is 7.33. The van der Waals surface area contributed by atoms with Crippen LogP contribution in [0.1, 0.15) is 10.4 Å². The third kappa shape index (κ3) is 2.43. The van der Waals surface area contributed by atoms with Gasteiger partial charge in [-0.2, -0.15) is 0 Å². The number of carbonyl (C=O) groups excluding carboxylic acids is 1. The summed E-state index contributed by atoms with van der Waals surface area (Å²) in [4.78, 5) is 12.0. The number of rotatable bonds is 2. The molecular weight excluding hydrogens is 214 g/mol. The fourth-order valence-electron chi connectivity index (χ4n) is 1.47. The quantitative estimate of drug-likeness (QED) is 0.355. The van der Waals surface area contributed by atoms with E-state index in [2.05, 4.69) is 0 Å². The molecule has 0 aliphatic rings. The highest BCUT2D eigenvalue weighted by Crippen LogP contribution is 2.14. The molecule has 17 heavy (non-hydrogen) atoms. The summed E-state index contributed by atoms with van der Waals surface area (Å²) in [6.45, 7) is 0. The second kappa shape index (κ2) is 4.67. The molecule has 4 N–H and O–H groups in total. The van der Waals surface area contributed by atoms with Gasteiger partial charge in [-0.15, -0.1) is 0 Å². The highest BCUT2D eigenvalue weighted by molar-refractivity contribution is 6.05. The number of nitrogens with two attached hydrogens (primary N) is 2. The Morgan fingerprint density at radius 3 is 2.12 bits per heavy atom. The van der Waals surface area contributed by atoms with Gasteiger partial charge in [0.2, 0.25) is 0 Å². The third-order valence-corrected chi connectivity index (χ3v) is 2.41. The van der Waals surface area contributed by atoms with Crippen molar-refractivity contribution in [1.29, 1.82) is 0 Å². The summed E-state index contributed by atoms with van der Waals surface area (Å²) >= 11 is 0. The third-order valence-electron chi connectivity index (χ3n) is 2.41. The maximum absolute atomic E-state index is 12.0. The largest absolute Gasteiger partial charge is 0.399 e. The molecule has 2 aromatic carbocycles. The average Bonchev–Trinajstić information content (AvgIpc) is 2.39. The Morgan fingerprint density at radius 1 is 0.941 bits per heavy atom. The number of hydrogen-bond donors (Lipinski definition) is 2. The Bertz CT molecular complexity index is 508. The predicted octanol–water partition coefficient (Wildman–Crippen LogP) is 1.79. The first-order valence-corrected chi connectivity index (χ1v) is 5.18. The van der Waals surface area contributed by atoms with Crippen molar-refractivity contribution >= 4 is 17.3 Å². The molecule has 0 bridgehead atoms. The Balaban J connectivity index is 2.23. The SMILES string of the molecule is Nc1ccc(C(=O)N(N)c2ccccc2)cc1. The molecule has 0 aliphatic carbocycles. The van der Waals surface area contributed by atoms with E-state index < -0.39 is 0 Å². The fraction of sp³-hybridized carbons (Fsp3) is 0. The number of nitrogen functional groups attached to an aromatic ring is 1. The van der Waals surface area contributed by atoms with E-state index in [9.17, 15) is 4.79 Å². The van der Waals surface area contributed by atoms with Crippen molar-refractivity contribution < 1.29 is 4.79 Å². The van der Waals surface area contributed by atoms with E-state index in [0.717, 1.165) is 5.01 Å². The van der Waals surface area contributed by atoms with E-state index in [-0.39, 0.29) is 5.91 Å². The van der Waals surface area contributed by atoms with Crippen LogP contribution in [0.5, 0.6) is 0 Å². The Hall–Kier alpha value is -2.33. The summed E-state index contributed by atoms with van der Waals surface area (Å²) in [6, 6.07) is 15.7. The molecular formula is C13H13N3O. The van der Waals surface area contributed by atoms with Crippen LogP contribution in [0.4, 0.5) is 11.4 Å². The average molecular weight is 227 g/mol. The number of hydrazine groups is 1. The summed E-state index contributed by atoms with van der Waals surface area (Å²) in [7, 11) is 0. The zero-order chi connectivity index (χ0) is 12.3. The highest BCUT2D eigenvalue weighted by atomic mass is 16.2. The minimum absolute atomic E-state index is 0.267. The Labute approximate surface area is 99.4 Å². The zero-order valence-electron chi connectivity index (χ0n) is 9.21. The summed E-state index contributed by atoms with van der Waals surface area (Å²) in [5.74, 6) is 5.49. The molecule has 4 heteroatoms. The van der Waals surface area contributed by atoms with Crippen LogP contribution in [0.15, 0.2) is 54.6 Å². The van der Waals surface area contributed by atoms with E-state index in [4.69, 9.17) is 11.6 Å². The van der Waals surface area contributed by atoms with E-state index in [0.29, 0.717) is 16.9 Å². The van der Waals surface area contributed by atoms with Crippen LogP contribution < -0.4 is 16.6 Å². The summed E-state index contributed by atoms with van der Waals surface area (Å²) in [5, 5.41) is 1.12. The van der Waals surface area contributed by atoms with Crippen molar-refractivity contribution in [3.05, 3.63) is 60.2 Å². The molecule has 0 unspecified atom stereocenters. The van der Waals surface area contributed by atoms with Gasteiger partial charge < -0.3 is 5.73 Å². The van der Waals surface area contributed by atoms with Crippen LogP contribution >= 0.6 is 0 Å². The van der Waals surface area contributed by atoms with Crippen LogP contribution in [0, 0.1) is 0 Å². The predicted molar refractivity (Wildman–Crippen MR) is 68.3 cm³/mol. The minimum Gasteiger partial charge on any atom is -0.399 e. The second-order valence-electron chi connectivity index (χ2n) is 3.63. The molecule has 0 radical (unpaired) electrons. The lowest BCUT2D eigenvalue weighted by molar-refractivity contribution is 0.0987. The van der Waals surface area contributed by atoms with Crippen molar-refractivity contribution in [3.8, 4) is 0 Å². The van der Waals surface area contributed by atoms with E-state index in [1.165, 1.54) is 0 Å². The van der Waals surface area contributed by atoms with Gasteiger partial charge in [0, 0.05) is 11.3 Å². The first-order valence-electron chi connectivity index (χ1n) is 5.18. The zero-order valence-corrected chi connectivity index (χ0v) is 9.21. The van der Waals surface area contributed by atoms with Gasteiger partial charge >= 0.3 is 0 Å². The maximum Gasteiger partial charge on any atom is 0.272 e. The van der Waals surface area contributed by atoms with E-state index >= 15 is 0 Å². The molecule has 1 amide bonds. The van der Waals surface area contributed by atoms with Crippen molar-refractivity contribution in [2.45, 2.75) is 0 Å². The molecule has 0 spiro atoms.